The van der Waals surface area contributed by atoms with Gasteiger partial charge >= 0.3 is 6.03 Å². The van der Waals surface area contributed by atoms with Crippen molar-refractivity contribution in [3.63, 3.8) is 0 Å². The number of halogens is 1. The standard InChI is InChI=1S/C15H23FN2O3/c1-4-12(7-8-19)18-15(20)17-10(2)11-5-6-13(16)14(9-11)21-3/h5-6,9-10,12,19H,4,7-8H2,1-3H3,(H2,17,18,20). The van der Waals surface area contributed by atoms with Crippen LogP contribution in [0.15, 0.2) is 18.2 Å². The number of methoxy groups -OCH3 is 1. The predicted octanol–water partition coefficient (Wildman–Crippen LogP) is 2.36. The molecule has 0 aliphatic heterocycles. The van der Waals surface area contributed by atoms with E-state index in [4.69, 9.17) is 9.84 Å². The number of amides is 2. The van der Waals surface area contributed by atoms with Crippen LogP contribution < -0.4 is 15.4 Å². The summed E-state index contributed by atoms with van der Waals surface area (Å²) in [6, 6.07) is 3.81. The first-order chi connectivity index (χ1) is 10.0. The van der Waals surface area contributed by atoms with Crippen molar-refractivity contribution in [3.8, 4) is 5.75 Å². The summed E-state index contributed by atoms with van der Waals surface area (Å²) < 4.78 is 18.3. The van der Waals surface area contributed by atoms with Crippen molar-refractivity contribution in [2.75, 3.05) is 13.7 Å². The first-order valence-electron chi connectivity index (χ1n) is 7.03. The molecule has 5 nitrogen and oxygen atoms in total. The Morgan fingerprint density at radius 1 is 1.43 bits per heavy atom. The fourth-order valence-corrected chi connectivity index (χ4v) is 1.99. The zero-order valence-corrected chi connectivity index (χ0v) is 12.6. The zero-order valence-electron chi connectivity index (χ0n) is 12.6. The van der Waals surface area contributed by atoms with Crippen LogP contribution in [0.5, 0.6) is 5.75 Å². The lowest BCUT2D eigenvalue weighted by atomic mass is 10.1. The molecule has 0 spiro atoms. The second kappa shape index (κ2) is 8.46. The quantitative estimate of drug-likeness (QED) is 0.723. The maximum absolute atomic E-state index is 13.4. The molecule has 2 unspecified atom stereocenters. The van der Waals surface area contributed by atoms with E-state index in [-0.39, 0.29) is 30.5 Å². The molecule has 3 N–H and O–H groups in total. The molecule has 0 radical (unpaired) electrons. The highest BCUT2D eigenvalue weighted by atomic mass is 19.1. The van der Waals surface area contributed by atoms with Crippen LogP contribution in [0, 0.1) is 5.82 Å². The zero-order chi connectivity index (χ0) is 15.8. The van der Waals surface area contributed by atoms with Gasteiger partial charge in [0.15, 0.2) is 11.6 Å². The van der Waals surface area contributed by atoms with Crippen LogP contribution in [0.25, 0.3) is 0 Å². The Kier molecular flexibility index (Phi) is 6.94. The third kappa shape index (κ3) is 5.23. The molecule has 2 atom stereocenters. The average molecular weight is 298 g/mol. The van der Waals surface area contributed by atoms with E-state index in [0.29, 0.717) is 6.42 Å². The Morgan fingerprint density at radius 2 is 2.14 bits per heavy atom. The van der Waals surface area contributed by atoms with Gasteiger partial charge in [-0.3, -0.25) is 0 Å². The van der Waals surface area contributed by atoms with Crippen molar-refractivity contribution in [2.24, 2.45) is 0 Å². The van der Waals surface area contributed by atoms with Crippen LogP contribution in [0.2, 0.25) is 0 Å². The number of hydrogen-bond acceptors (Lipinski definition) is 3. The molecule has 0 saturated carbocycles. The van der Waals surface area contributed by atoms with Gasteiger partial charge in [0, 0.05) is 12.6 Å². The van der Waals surface area contributed by atoms with Crippen LogP contribution in [0.3, 0.4) is 0 Å². The highest BCUT2D eigenvalue weighted by Crippen LogP contribution is 2.22. The molecule has 1 aromatic rings. The van der Waals surface area contributed by atoms with Gasteiger partial charge in [-0.2, -0.15) is 0 Å². The number of benzene rings is 1. The molecule has 0 heterocycles. The fraction of sp³-hybridized carbons (Fsp3) is 0.533. The highest BCUT2D eigenvalue weighted by Gasteiger charge is 2.14. The normalized spacial score (nSPS) is 13.4. The van der Waals surface area contributed by atoms with E-state index in [9.17, 15) is 9.18 Å². The minimum Gasteiger partial charge on any atom is -0.494 e. The summed E-state index contributed by atoms with van der Waals surface area (Å²) in [5.41, 5.74) is 0.749. The number of aliphatic hydroxyl groups excluding tert-OH is 1. The lowest BCUT2D eigenvalue weighted by Gasteiger charge is -2.20. The van der Waals surface area contributed by atoms with Gasteiger partial charge in [0.05, 0.1) is 13.2 Å². The number of aliphatic hydroxyl groups is 1. The molecule has 6 heteroatoms. The number of hydrogen-bond donors (Lipinski definition) is 3. The third-order valence-corrected chi connectivity index (χ3v) is 3.33. The Bertz CT molecular complexity index is 468. The molecular formula is C15H23FN2O3. The van der Waals surface area contributed by atoms with E-state index in [0.717, 1.165) is 12.0 Å². The van der Waals surface area contributed by atoms with Gasteiger partial charge in [-0.25, -0.2) is 9.18 Å². The number of rotatable bonds is 7. The van der Waals surface area contributed by atoms with E-state index in [2.05, 4.69) is 10.6 Å². The van der Waals surface area contributed by atoms with Crippen LogP contribution in [-0.2, 0) is 0 Å². The van der Waals surface area contributed by atoms with E-state index in [1.165, 1.54) is 13.2 Å². The van der Waals surface area contributed by atoms with Gasteiger partial charge in [0.1, 0.15) is 0 Å². The van der Waals surface area contributed by atoms with Crippen LogP contribution in [0.1, 0.15) is 38.3 Å². The number of carbonyl (C=O) groups is 1. The van der Waals surface area contributed by atoms with Crippen LogP contribution >= 0.6 is 0 Å². The molecule has 0 bridgehead atoms. The molecule has 118 valence electrons. The van der Waals surface area contributed by atoms with Crippen molar-refractivity contribution < 1.29 is 19.0 Å². The molecule has 21 heavy (non-hydrogen) atoms. The largest absolute Gasteiger partial charge is 0.494 e. The molecule has 1 aromatic carbocycles. The smallest absolute Gasteiger partial charge is 0.315 e. The van der Waals surface area contributed by atoms with E-state index >= 15 is 0 Å². The van der Waals surface area contributed by atoms with Gasteiger partial charge in [-0.05, 0) is 37.5 Å². The monoisotopic (exact) mass is 298 g/mol. The summed E-state index contributed by atoms with van der Waals surface area (Å²) >= 11 is 0. The molecular weight excluding hydrogens is 275 g/mol. The summed E-state index contributed by atoms with van der Waals surface area (Å²) in [5, 5.41) is 14.5. The third-order valence-electron chi connectivity index (χ3n) is 3.33. The number of urea groups is 1. The van der Waals surface area contributed by atoms with E-state index < -0.39 is 5.82 Å². The molecule has 0 aliphatic rings. The maximum Gasteiger partial charge on any atom is 0.315 e. The van der Waals surface area contributed by atoms with Crippen molar-refractivity contribution in [1.29, 1.82) is 0 Å². The molecule has 0 saturated heterocycles. The Hall–Kier alpha value is -1.82. The van der Waals surface area contributed by atoms with Gasteiger partial charge in [0.25, 0.3) is 0 Å². The lowest BCUT2D eigenvalue weighted by Crippen LogP contribution is -2.43. The second-order valence-electron chi connectivity index (χ2n) is 4.85. The topological polar surface area (TPSA) is 70.6 Å². The SMILES string of the molecule is CCC(CCO)NC(=O)NC(C)c1ccc(F)c(OC)c1. The Labute approximate surface area is 124 Å². The Balaban J connectivity index is 2.63. The summed E-state index contributed by atoms with van der Waals surface area (Å²) in [5.74, 6) is -0.292. The van der Waals surface area contributed by atoms with Gasteiger partial charge in [-0.1, -0.05) is 13.0 Å². The Morgan fingerprint density at radius 3 is 2.71 bits per heavy atom. The minimum atomic E-state index is -0.438. The summed E-state index contributed by atoms with van der Waals surface area (Å²) in [6.45, 7) is 3.78. The summed E-state index contributed by atoms with van der Waals surface area (Å²) in [6.07, 6.45) is 1.26. The number of carbonyl (C=O) groups excluding carboxylic acids is 1. The van der Waals surface area contributed by atoms with Crippen molar-refractivity contribution in [1.82, 2.24) is 10.6 Å². The van der Waals surface area contributed by atoms with Crippen molar-refractivity contribution in [2.45, 2.75) is 38.8 Å². The molecule has 0 aliphatic carbocycles. The van der Waals surface area contributed by atoms with Gasteiger partial charge in [0.2, 0.25) is 0 Å². The number of nitrogens with one attached hydrogen (secondary N) is 2. The van der Waals surface area contributed by atoms with Crippen molar-refractivity contribution >= 4 is 6.03 Å². The summed E-state index contributed by atoms with van der Waals surface area (Å²) in [7, 11) is 1.40. The van der Waals surface area contributed by atoms with Crippen molar-refractivity contribution in [3.05, 3.63) is 29.6 Å². The minimum absolute atomic E-state index is 0.0313. The van der Waals surface area contributed by atoms with Gasteiger partial charge in [-0.15, -0.1) is 0 Å². The number of ether oxygens (including phenoxy) is 1. The molecule has 0 fully saturated rings. The molecule has 0 aromatic heterocycles. The highest BCUT2D eigenvalue weighted by molar-refractivity contribution is 5.74. The van der Waals surface area contributed by atoms with Crippen LogP contribution in [0.4, 0.5) is 9.18 Å². The van der Waals surface area contributed by atoms with Gasteiger partial charge < -0.3 is 20.5 Å². The fourth-order valence-electron chi connectivity index (χ4n) is 1.99. The van der Waals surface area contributed by atoms with Crippen LogP contribution in [-0.4, -0.2) is 30.9 Å². The van der Waals surface area contributed by atoms with E-state index in [1.54, 1.807) is 19.1 Å². The average Bonchev–Trinajstić information content (AvgIpc) is 2.47. The summed E-state index contributed by atoms with van der Waals surface area (Å²) in [4.78, 5) is 11.9. The molecule has 1 rings (SSSR count). The van der Waals surface area contributed by atoms with E-state index in [1.807, 2.05) is 6.92 Å². The predicted molar refractivity (Wildman–Crippen MR) is 78.8 cm³/mol. The lowest BCUT2D eigenvalue weighted by molar-refractivity contribution is 0.225. The maximum atomic E-state index is 13.4. The first-order valence-corrected chi connectivity index (χ1v) is 7.03. The first kappa shape index (κ1) is 17.2. The second-order valence-corrected chi connectivity index (χ2v) is 4.85. The molecule has 2 amide bonds.